The zero-order valence-corrected chi connectivity index (χ0v) is 19.3. The summed E-state index contributed by atoms with van der Waals surface area (Å²) in [6, 6.07) is 1.50. The quantitative estimate of drug-likeness (QED) is 0.654. The van der Waals surface area contributed by atoms with E-state index in [4.69, 9.17) is 0 Å². The van der Waals surface area contributed by atoms with E-state index in [1.807, 2.05) is 6.92 Å². The number of carbonyl (C=O) groups excluding carboxylic acids is 1. The van der Waals surface area contributed by atoms with Crippen LogP contribution < -0.4 is 15.8 Å². The van der Waals surface area contributed by atoms with Crippen LogP contribution in [0.4, 0.5) is 5.13 Å². The van der Waals surface area contributed by atoms with E-state index in [-0.39, 0.29) is 17.4 Å². The topological polar surface area (TPSA) is 79.6 Å². The van der Waals surface area contributed by atoms with Crippen molar-refractivity contribution in [2.24, 2.45) is 5.92 Å². The molecule has 0 bridgehead atoms. The number of hydrogen-bond acceptors (Lipinski definition) is 7. The summed E-state index contributed by atoms with van der Waals surface area (Å²) < 4.78 is 1.36. The predicted octanol–water partition coefficient (Wildman–Crippen LogP) is 3.25. The normalized spacial score (nSPS) is 20.6. The Morgan fingerprint density at radius 2 is 2.10 bits per heavy atom. The summed E-state index contributed by atoms with van der Waals surface area (Å²) in [5.74, 6) is 1.26. The molecule has 4 rings (SSSR count). The molecule has 1 atom stereocenters. The molecule has 2 aromatic heterocycles. The lowest BCUT2D eigenvalue weighted by Crippen LogP contribution is -2.43. The highest BCUT2D eigenvalue weighted by Gasteiger charge is 2.27. The molecule has 7 nitrogen and oxygen atoms in total. The van der Waals surface area contributed by atoms with E-state index in [1.54, 1.807) is 0 Å². The maximum atomic E-state index is 12.7. The third-order valence-corrected chi connectivity index (χ3v) is 8.39. The number of carbonyl (C=O) groups is 1. The van der Waals surface area contributed by atoms with Gasteiger partial charge in [0.05, 0.1) is 5.92 Å². The molecule has 2 aromatic rings. The molecular weight excluding hydrogens is 418 g/mol. The van der Waals surface area contributed by atoms with Gasteiger partial charge in [0.25, 0.3) is 5.56 Å². The Morgan fingerprint density at radius 3 is 2.93 bits per heavy atom. The van der Waals surface area contributed by atoms with Gasteiger partial charge in [-0.05, 0) is 44.8 Å². The molecule has 1 N–H and O–H groups in total. The van der Waals surface area contributed by atoms with Crippen molar-refractivity contribution in [3.63, 3.8) is 0 Å². The van der Waals surface area contributed by atoms with Crippen molar-refractivity contribution < 1.29 is 4.79 Å². The standard InChI is InChI=1S/C21H31N5O2S2/c1-15-13-18(27)26-20(23-15)30-21(24-26)25-11-5-7-16(14-25)19(28)22-10-6-12-29-17-8-3-2-4-9-17/h13,16-17H,2-12,14H2,1H3,(H,22,28)/t16-/m0/s1. The molecule has 1 amide bonds. The minimum atomic E-state index is -0.155. The first-order valence-corrected chi connectivity index (χ1v) is 13.0. The average Bonchev–Trinajstić information content (AvgIpc) is 3.19. The number of nitrogens with one attached hydrogen (secondary N) is 1. The Bertz CT molecular complexity index is 922. The minimum Gasteiger partial charge on any atom is -0.356 e. The van der Waals surface area contributed by atoms with Crippen LogP contribution in [0, 0.1) is 12.8 Å². The molecule has 0 unspecified atom stereocenters. The van der Waals surface area contributed by atoms with Gasteiger partial charge in [-0.2, -0.15) is 16.3 Å². The maximum absolute atomic E-state index is 12.7. The van der Waals surface area contributed by atoms with Crippen LogP contribution in [0.5, 0.6) is 0 Å². The van der Waals surface area contributed by atoms with Gasteiger partial charge in [0.1, 0.15) is 0 Å². The Hall–Kier alpha value is -1.61. The Balaban J connectivity index is 1.25. The van der Waals surface area contributed by atoms with Crippen molar-refractivity contribution in [2.45, 2.75) is 63.5 Å². The van der Waals surface area contributed by atoms with Gasteiger partial charge >= 0.3 is 0 Å². The van der Waals surface area contributed by atoms with E-state index in [2.05, 4.69) is 32.1 Å². The van der Waals surface area contributed by atoms with Gasteiger partial charge in [-0.1, -0.05) is 30.6 Å². The molecule has 9 heteroatoms. The molecule has 2 fully saturated rings. The second-order valence-electron chi connectivity index (χ2n) is 8.38. The SMILES string of the molecule is Cc1cc(=O)n2nc(N3CCC[C@H](C(=O)NCCCSC4CCCCC4)C3)sc2n1. The van der Waals surface area contributed by atoms with Gasteiger partial charge in [-0.25, -0.2) is 4.98 Å². The highest BCUT2D eigenvalue weighted by molar-refractivity contribution is 7.99. The fraction of sp³-hybridized carbons (Fsp3) is 0.714. The fourth-order valence-corrected chi connectivity index (χ4v) is 6.61. The van der Waals surface area contributed by atoms with Gasteiger partial charge in [-0.15, -0.1) is 5.10 Å². The van der Waals surface area contributed by atoms with Crippen LogP contribution in [-0.4, -0.2) is 51.1 Å². The lowest BCUT2D eigenvalue weighted by atomic mass is 9.97. The van der Waals surface area contributed by atoms with Crippen LogP contribution in [-0.2, 0) is 4.79 Å². The molecule has 0 aromatic carbocycles. The van der Waals surface area contributed by atoms with Gasteiger partial charge in [0.2, 0.25) is 16.0 Å². The average molecular weight is 450 g/mol. The van der Waals surface area contributed by atoms with Crippen molar-refractivity contribution in [1.29, 1.82) is 0 Å². The van der Waals surface area contributed by atoms with Crippen LogP contribution in [0.3, 0.4) is 0 Å². The molecule has 1 aliphatic heterocycles. The van der Waals surface area contributed by atoms with Gasteiger partial charge in [0.15, 0.2) is 0 Å². The third-order valence-electron chi connectivity index (χ3n) is 5.95. The highest BCUT2D eigenvalue weighted by Crippen LogP contribution is 2.29. The number of aromatic nitrogens is 3. The number of amides is 1. The Labute approximate surface area is 185 Å². The molecule has 164 valence electrons. The number of piperidine rings is 1. The summed E-state index contributed by atoms with van der Waals surface area (Å²) in [5.41, 5.74) is 0.546. The first-order chi connectivity index (χ1) is 14.6. The molecule has 1 aliphatic carbocycles. The van der Waals surface area contributed by atoms with E-state index in [0.29, 0.717) is 17.2 Å². The van der Waals surface area contributed by atoms with Gasteiger partial charge in [0, 0.05) is 36.6 Å². The number of fused-ring (bicyclic) bond motifs is 1. The number of aryl methyl sites for hydroxylation is 1. The third kappa shape index (κ3) is 5.35. The van der Waals surface area contributed by atoms with Crippen LogP contribution in [0.2, 0.25) is 0 Å². The summed E-state index contributed by atoms with van der Waals surface area (Å²) in [4.78, 5) is 31.9. The second kappa shape index (κ2) is 10.1. The number of thioether (sulfide) groups is 1. The second-order valence-corrected chi connectivity index (χ2v) is 10.7. The van der Waals surface area contributed by atoms with Crippen LogP contribution >= 0.6 is 23.1 Å². The molecule has 0 radical (unpaired) electrons. The molecular formula is C21H31N5O2S2. The van der Waals surface area contributed by atoms with Crippen LogP contribution in [0.25, 0.3) is 4.96 Å². The zero-order valence-electron chi connectivity index (χ0n) is 17.6. The minimum absolute atomic E-state index is 0.0248. The van der Waals surface area contributed by atoms with Gasteiger partial charge in [-0.3, -0.25) is 9.59 Å². The highest BCUT2D eigenvalue weighted by atomic mass is 32.2. The zero-order chi connectivity index (χ0) is 20.9. The number of nitrogens with zero attached hydrogens (tertiary/aromatic N) is 4. The van der Waals surface area contributed by atoms with Gasteiger partial charge < -0.3 is 10.2 Å². The van der Waals surface area contributed by atoms with Crippen molar-refractivity contribution in [3.05, 3.63) is 22.1 Å². The van der Waals surface area contributed by atoms with Crippen molar-refractivity contribution in [1.82, 2.24) is 19.9 Å². The first kappa shape index (κ1) is 21.6. The van der Waals surface area contributed by atoms with E-state index < -0.39 is 0 Å². The monoisotopic (exact) mass is 449 g/mol. The summed E-state index contributed by atoms with van der Waals surface area (Å²) >= 11 is 3.50. The number of rotatable bonds is 7. The molecule has 0 spiro atoms. The van der Waals surface area contributed by atoms with Crippen molar-refractivity contribution in [3.8, 4) is 0 Å². The van der Waals surface area contributed by atoms with Crippen LogP contribution in [0.15, 0.2) is 10.9 Å². The smallest absolute Gasteiger partial charge is 0.275 e. The van der Waals surface area contributed by atoms with E-state index >= 15 is 0 Å². The van der Waals surface area contributed by atoms with E-state index in [9.17, 15) is 9.59 Å². The number of hydrogen-bond donors (Lipinski definition) is 1. The van der Waals surface area contributed by atoms with E-state index in [1.165, 1.54) is 54.0 Å². The first-order valence-electron chi connectivity index (χ1n) is 11.1. The summed E-state index contributed by atoms with van der Waals surface area (Å²) in [7, 11) is 0. The molecule has 3 heterocycles. The lowest BCUT2D eigenvalue weighted by Gasteiger charge is -2.31. The molecule has 30 heavy (non-hydrogen) atoms. The molecule has 1 saturated carbocycles. The lowest BCUT2D eigenvalue weighted by molar-refractivity contribution is -0.125. The van der Waals surface area contributed by atoms with Crippen molar-refractivity contribution >= 4 is 39.1 Å². The predicted molar refractivity (Wildman–Crippen MR) is 124 cm³/mol. The summed E-state index contributed by atoms with van der Waals surface area (Å²) in [5, 5.41) is 9.20. The van der Waals surface area contributed by atoms with Crippen LogP contribution in [0.1, 0.15) is 57.1 Å². The number of anilines is 1. The summed E-state index contributed by atoms with van der Waals surface area (Å²) in [6.45, 7) is 4.08. The maximum Gasteiger partial charge on any atom is 0.275 e. The molecule has 2 aliphatic rings. The summed E-state index contributed by atoms with van der Waals surface area (Å²) in [6.07, 6.45) is 9.78. The molecule has 1 saturated heterocycles. The largest absolute Gasteiger partial charge is 0.356 e. The fourth-order valence-electron chi connectivity index (χ4n) is 4.31. The Morgan fingerprint density at radius 1 is 1.27 bits per heavy atom. The van der Waals surface area contributed by atoms with E-state index in [0.717, 1.165) is 48.5 Å². The Kier molecular flexibility index (Phi) is 7.30. The van der Waals surface area contributed by atoms with Crippen molar-refractivity contribution in [2.75, 3.05) is 30.3 Å².